The zero-order chi connectivity index (χ0) is 18.0. The zero-order valence-electron chi connectivity index (χ0n) is 14.7. The van der Waals surface area contributed by atoms with Crippen molar-refractivity contribution in [3.05, 3.63) is 41.3 Å². The first-order valence-corrected chi connectivity index (χ1v) is 8.01. The molecular formula is C18H21N3O4. The largest absolute Gasteiger partial charge is 0.497 e. The highest BCUT2D eigenvalue weighted by Crippen LogP contribution is 2.31. The Balaban J connectivity index is 1.66. The van der Waals surface area contributed by atoms with Gasteiger partial charge < -0.3 is 13.7 Å². The second kappa shape index (κ2) is 6.98. The van der Waals surface area contributed by atoms with Gasteiger partial charge >= 0.3 is 0 Å². The fourth-order valence-electron chi connectivity index (χ4n) is 2.70. The maximum atomic E-state index is 12.0. The van der Waals surface area contributed by atoms with Gasteiger partial charge in [0.15, 0.2) is 0 Å². The molecule has 7 nitrogen and oxygen atoms in total. The van der Waals surface area contributed by atoms with E-state index in [1.807, 2.05) is 32.0 Å². The number of carbonyl (C=O) groups excluding carboxylic acids is 1. The number of carbonyl (C=O) groups is 1. The molecule has 0 radical (unpaired) electrons. The van der Waals surface area contributed by atoms with Gasteiger partial charge in [0.1, 0.15) is 17.1 Å². The number of anilines is 1. The van der Waals surface area contributed by atoms with Crippen LogP contribution in [0.2, 0.25) is 0 Å². The molecular weight excluding hydrogens is 322 g/mol. The van der Waals surface area contributed by atoms with Crippen molar-refractivity contribution in [1.29, 1.82) is 0 Å². The minimum atomic E-state index is -0.210. The van der Waals surface area contributed by atoms with E-state index in [1.165, 1.54) is 0 Å². The van der Waals surface area contributed by atoms with E-state index in [4.69, 9.17) is 13.7 Å². The molecule has 1 amide bonds. The third-order valence-corrected chi connectivity index (χ3v) is 4.03. The molecule has 132 valence electrons. The van der Waals surface area contributed by atoms with E-state index in [0.717, 1.165) is 28.0 Å². The molecule has 0 spiro atoms. The van der Waals surface area contributed by atoms with Crippen LogP contribution < -0.4 is 15.4 Å². The quantitative estimate of drug-likeness (QED) is 0.713. The number of methoxy groups -OCH3 is 1. The molecule has 25 heavy (non-hydrogen) atoms. The van der Waals surface area contributed by atoms with E-state index in [9.17, 15) is 4.79 Å². The molecule has 2 N–H and O–H groups in total. The van der Waals surface area contributed by atoms with Gasteiger partial charge in [0, 0.05) is 17.0 Å². The van der Waals surface area contributed by atoms with Crippen LogP contribution in [0.4, 0.5) is 5.88 Å². The van der Waals surface area contributed by atoms with Crippen molar-refractivity contribution in [2.24, 2.45) is 0 Å². The first-order chi connectivity index (χ1) is 12.0. The Labute approximate surface area is 145 Å². The van der Waals surface area contributed by atoms with Gasteiger partial charge in [-0.05, 0) is 39.0 Å². The summed E-state index contributed by atoms with van der Waals surface area (Å²) in [5, 5.41) is 10.5. The molecule has 0 saturated carbocycles. The molecule has 2 heterocycles. The van der Waals surface area contributed by atoms with Crippen LogP contribution in [-0.2, 0) is 4.79 Å². The van der Waals surface area contributed by atoms with Crippen molar-refractivity contribution in [2.75, 3.05) is 19.0 Å². The summed E-state index contributed by atoms with van der Waals surface area (Å²) in [4.78, 5) is 12.0. The van der Waals surface area contributed by atoms with Gasteiger partial charge in [-0.1, -0.05) is 5.16 Å². The first-order valence-electron chi connectivity index (χ1n) is 8.01. The number of ether oxygens (including phenoxy) is 1. The maximum absolute atomic E-state index is 12.0. The van der Waals surface area contributed by atoms with Crippen molar-refractivity contribution >= 4 is 22.8 Å². The van der Waals surface area contributed by atoms with Gasteiger partial charge in [-0.2, -0.15) is 0 Å². The Hall–Kier alpha value is -2.80. The molecule has 3 aromatic rings. The van der Waals surface area contributed by atoms with Crippen LogP contribution in [0.3, 0.4) is 0 Å². The summed E-state index contributed by atoms with van der Waals surface area (Å²) in [6.45, 7) is 5.86. The predicted octanol–water partition coefficient (Wildman–Crippen LogP) is 3.34. The Bertz CT molecular complexity index is 897. The highest BCUT2D eigenvalue weighted by Gasteiger charge is 2.18. The van der Waals surface area contributed by atoms with E-state index in [-0.39, 0.29) is 18.5 Å². The SMILES string of the molecule is COc1ccc2oc([C@H](C)NCC(=O)Nc3cc(C)no3)c(C)c2c1. The monoisotopic (exact) mass is 343 g/mol. The lowest BCUT2D eigenvalue weighted by Gasteiger charge is -2.11. The molecule has 7 heteroatoms. The van der Waals surface area contributed by atoms with Crippen molar-refractivity contribution in [1.82, 2.24) is 10.5 Å². The summed E-state index contributed by atoms with van der Waals surface area (Å²) in [5.74, 6) is 1.71. The summed E-state index contributed by atoms with van der Waals surface area (Å²) < 4.78 is 16.2. The second-order valence-corrected chi connectivity index (χ2v) is 5.94. The zero-order valence-corrected chi connectivity index (χ0v) is 14.7. The third kappa shape index (κ3) is 3.66. The number of nitrogens with zero attached hydrogens (tertiary/aromatic N) is 1. The van der Waals surface area contributed by atoms with Crippen LogP contribution in [0, 0.1) is 13.8 Å². The van der Waals surface area contributed by atoms with Gasteiger partial charge in [-0.15, -0.1) is 0 Å². The van der Waals surface area contributed by atoms with Crippen molar-refractivity contribution < 1.29 is 18.5 Å². The number of hydrogen-bond donors (Lipinski definition) is 2. The lowest BCUT2D eigenvalue weighted by Crippen LogP contribution is -2.30. The molecule has 0 aliphatic carbocycles. The lowest BCUT2D eigenvalue weighted by molar-refractivity contribution is -0.115. The highest BCUT2D eigenvalue weighted by atomic mass is 16.5. The smallest absolute Gasteiger partial charge is 0.240 e. The average molecular weight is 343 g/mol. The second-order valence-electron chi connectivity index (χ2n) is 5.94. The fourth-order valence-corrected chi connectivity index (χ4v) is 2.70. The molecule has 0 unspecified atom stereocenters. The Morgan fingerprint density at radius 1 is 1.32 bits per heavy atom. The molecule has 0 fully saturated rings. The number of benzene rings is 1. The summed E-state index contributed by atoms with van der Waals surface area (Å²) in [6, 6.07) is 7.23. The van der Waals surface area contributed by atoms with E-state index in [0.29, 0.717) is 11.6 Å². The number of furan rings is 1. The Kier molecular flexibility index (Phi) is 4.76. The number of rotatable bonds is 6. The molecule has 3 rings (SSSR count). The van der Waals surface area contributed by atoms with E-state index in [2.05, 4.69) is 15.8 Å². The molecule has 0 saturated heterocycles. The van der Waals surface area contributed by atoms with Crippen LogP contribution in [0.1, 0.15) is 30.0 Å². The minimum absolute atomic E-state index is 0.124. The molecule has 1 aromatic carbocycles. The van der Waals surface area contributed by atoms with Crippen LogP contribution >= 0.6 is 0 Å². The standard InChI is InChI=1S/C18H21N3O4/c1-10-7-17(25-21-10)20-16(22)9-19-12(3)18-11(2)14-8-13(23-4)5-6-15(14)24-18/h5-8,12,19H,9H2,1-4H3,(H,20,22)/t12-/m0/s1. The van der Waals surface area contributed by atoms with Gasteiger partial charge in [-0.3, -0.25) is 15.4 Å². The Morgan fingerprint density at radius 2 is 2.12 bits per heavy atom. The topological polar surface area (TPSA) is 89.5 Å². The van der Waals surface area contributed by atoms with Gasteiger partial charge in [0.05, 0.1) is 25.4 Å². The fraction of sp³-hybridized carbons (Fsp3) is 0.333. The average Bonchev–Trinajstić information content (AvgIpc) is 3.15. The third-order valence-electron chi connectivity index (χ3n) is 4.03. The number of hydrogen-bond acceptors (Lipinski definition) is 6. The minimum Gasteiger partial charge on any atom is -0.497 e. The molecule has 0 bridgehead atoms. The van der Waals surface area contributed by atoms with Crippen molar-refractivity contribution in [3.8, 4) is 5.75 Å². The van der Waals surface area contributed by atoms with E-state index >= 15 is 0 Å². The Morgan fingerprint density at radius 3 is 2.80 bits per heavy atom. The van der Waals surface area contributed by atoms with Gasteiger partial charge in [0.25, 0.3) is 0 Å². The number of aryl methyl sites for hydroxylation is 2. The van der Waals surface area contributed by atoms with E-state index in [1.54, 1.807) is 20.1 Å². The summed E-state index contributed by atoms with van der Waals surface area (Å²) >= 11 is 0. The normalized spacial score (nSPS) is 12.3. The number of fused-ring (bicyclic) bond motifs is 1. The number of nitrogens with one attached hydrogen (secondary N) is 2. The summed E-state index contributed by atoms with van der Waals surface area (Å²) in [6.07, 6.45) is 0. The number of amides is 1. The molecule has 0 aliphatic rings. The van der Waals surface area contributed by atoms with Gasteiger partial charge in [0.2, 0.25) is 11.8 Å². The summed E-state index contributed by atoms with van der Waals surface area (Å²) in [7, 11) is 1.64. The molecule has 0 aliphatic heterocycles. The first kappa shape index (κ1) is 17.0. The molecule has 1 atom stereocenters. The van der Waals surface area contributed by atoms with Crippen LogP contribution in [0.25, 0.3) is 11.0 Å². The van der Waals surface area contributed by atoms with Crippen LogP contribution in [0.15, 0.2) is 33.2 Å². The van der Waals surface area contributed by atoms with E-state index < -0.39 is 0 Å². The maximum Gasteiger partial charge on any atom is 0.240 e. The molecule has 2 aromatic heterocycles. The van der Waals surface area contributed by atoms with Gasteiger partial charge in [-0.25, -0.2) is 0 Å². The lowest BCUT2D eigenvalue weighted by atomic mass is 10.1. The highest BCUT2D eigenvalue weighted by molar-refractivity contribution is 5.91. The van der Waals surface area contributed by atoms with Crippen LogP contribution in [-0.4, -0.2) is 24.7 Å². The van der Waals surface area contributed by atoms with Crippen molar-refractivity contribution in [2.45, 2.75) is 26.8 Å². The van der Waals surface area contributed by atoms with Crippen LogP contribution in [0.5, 0.6) is 5.75 Å². The predicted molar refractivity (Wildman–Crippen MR) is 93.8 cm³/mol. The van der Waals surface area contributed by atoms with Crippen molar-refractivity contribution in [3.63, 3.8) is 0 Å². The summed E-state index contributed by atoms with van der Waals surface area (Å²) in [5.41, 5.74) is 2.54. The number of aromatic nitrogens is 1.